The van der Waals surface area contributed by atoms with Gasteiger partial charge in [0.15, 0.2) is 0 Å². The number of nitrogens with two attached hydrogens (primary N) is 1. The lowest BCUT2D eigenvalue weighted by molar-refractivity contribution is 0.452. The van der Waals surface area contributed by atoms with E-state index in [0.29, 0.717) is 5.92 Å². The first-order valence-electron chi connectivity index (χ1n) is 5.70. The number of benzene rings is 1. The monoisotopic (exact) mass is 287 g/mol. The predicted molar refractivity (Wildman–Crippen MR) is 69.9 cm³/mol. The number of rotatable bonds is 5. The average Bonchev–Trinajstić information content (AvgIpc) is 2.20. The second kappa shape index (κ2) is 6.36. The van der Waals surface area contributed by atoms with Crippen LogP contribution in [0.25, 0.3) is 0 Å². The summed E-state index contributed by atoms with van der Waals surface area (Å²) in [6.45, 7) is 4.27. The Morgan fingerprint density at radius 3 is 2.62 bits per heavy atom. The third-order valence-electron chi connectivity index (χ3n) is 2.85. The number of aryl methyl sites for hydroxylation is 1. The van der Waals surface area contributed by atoms with E-state index in [9.17, 15) is 4.39 Å². The van der Waals surface area contributed by atoms with Gasteiger partial charge in [-0.3, -0.25) is 0 Å². The molecule has 0 amide bonds. The van der Waals surface area contributed by atoms with Crippen LogP contribution in [0.4, 0.5) is 4.39 Å². The zero-order valence-electron chi connectivity index (χ0n) is 9.84. The molecule has 90 valence electrons. The van der Waals surface area contributed by atoms with Crippen LogP contribution in [-0.4, -0.2) is 6.04 Å². The molecule has 0 aromatic heterocycles. The Labute approximate surface area is 105 Å². The highest BCUT2D eigenvalue weighted by Gasteiger charge is 2.08. The highest BCUT2D eigenvalue weighted by molar-refractivity contribution is 9.10. The second-order valence-electron chi connectivity index (χ2n) is 4.54. The summed E-state index contributed by atoms with van der Waals surface area (Å²) in [5.74, 6) is 0.325. The van der Waals surface area contributed by atoms with Crippen molar-refractivity contribution in [2.24, 2.45) is 11.7 Å². The third-order valence-corrected chi connectivity index (χ3v) is 3.59. The van der Waals surface area contributed by atoms with Crippen molar-refractivity contribution >= 4 is 15.9 Å². The van der Waals surface area contributed by atoms with Crippen molar-refractivity contribution in [1.82, 2.24) is 0 Å². The summed E-state index contributed by atoms with van der Waals surface area (Å²) >= 11 is 3.37. The average molecular weight is 288 g/mol. The zero-order valence-corrected chi connectivity index (χ0v) is 11.4. The molecule has 1 aromatic rings. The molecule has 1 atom stereocenters. The molecule has 0 heterocycles. The molecule has 16 heavy (non-hydrogen) atoms. The van der Waals surface area contributed by atoms with Crippen LogP contribution in [0.15, 0.2) is 22.7 Å². The van der Waals surface area contributed by atoms with E-state index in [1.54, 1.807) is 0 Å². The van der Waals surface area contributed by atoms with Crippen molar-refractivity contribution in [3.05, 3.63) is 34.1 Å². The molecule has 0 saturated heterocycles. The van der Waals surface area contributed by atoms with Gasteiger partial charge in [0.05, 0.1) is 0 Å². The maximum atomic E-state index is 12.9. The van der Waals surface area contributed by atoms with Crippen LogP contribution in [0.2, 0.25) is 0 Å². The van der Waals surface area contributed by atoms with Crippen LogP contribution in [0, 0.1) is 11.7 Å². The maximum absolute atomic E-state index is 12.9. The lowest BCUT2D eigenvalue weighted by Gasteiger charge is -2.15. The Morgan fingerprint density at radius 1 is 1.38 bits per heavy atom. The first-order valence-corrected chi connectivity index (χ1v) is 6.49. The lowest BCUT2D eigenvalue weighted by atomic mass is 9.98. The second-order valence-corrected chi connectivity index (χ2v) is 5.39. The number of hydrogen-bond acceptors (Lipinski definition) is 1. The Hall–Kier alpha value is -0.410. The summed E-state index contributed by atoms with van der Waals surface area (Å²) in [5, 5.41) is 0. The highest BCUT2D eigenvalue weighted by Crippen LogP contribution is 2.20. The Kier molecular flexibility index (Phi) is 5.42. The van der Waals surface area contributed by atoms with Crippen molar-refractivity contribution in [1.29, 1.82) is 0 Å². The molecule has 0 bridgehead atoms. The SMILES string of the molecule is CC(C)C(N)CCCc1ccc(F)cc1Br. The van der Waals surface area contributed by atoms with E-state index in [0.717, 1.165) is 29.3 Å². The number of halogens is 2. The van der Waals surface area contributed by atoms with Crippen molar-refractivity contribution in [3.63, 3.8) is 0 Å². The summed E-state index contributed by atoms with van der Waals surface area (Å²) in [6, 6.07) is 5.11. The van der Waals surface area contributed by atoms with Crippen LogP contribution < -0.4 is 5.73 Å². The quantitative estimate of drug-likeness (QED) is 0.874. The third kappa shape index (κ3) is 4.22. The van der Waals surface area contributed by atoms with Crippen molar-refractivity contribution in [3.8, 4) is 0 Å². The largest absolute Gasteiger partial charge is 0.327 e. The van der Waals surface area contributed by atoms with Crippen molar-refractivity contribution in [2.45, 2.75) is 39.2 Å². The molecule has 0 aliphatic heterocycles. The van der Waals surface area contributed by atoms with Crippen LogP contribution >= 0.6 is 15.9 Å². The summed E-state index contributed by atoms with van der Waals surface area (Å²) < 4.78 is 13.7. The van der Waals surface area contributed by atoms with Gasteiger partial charge in [0, 0.05) is 10.5 Å². The fourth-order valence-electron chi connectivity index (χ4n) is 1.59. The first kappa shape index (κ1) is 13.7. The van der Waals surface area contributed by atoms with Gasteiger partial charge in [-0.25, -0.2) is 4.39 Å². The Morgan fingerprint density at radius 2 is 2.06 bits per heavy atom. The van der Waals surface area contributed by atoms with Gasteiger partial charge >= 0.3 is 0 Å². The van der Waals surface area contributed by atoms with Crippen LogP contribution in [0.3, 0.4) is 0 Å². The normalized spacial score (nSPS) is 13.1. The van der Waals surface area contributed by atoms with E-state index in [-0.39, 0.29) is 11.9 Å². The van der Waals surface area contributed by atoms with E-state index in [4.69, 9.17) is 5.73 Å². The summed E-state index contributed by atoms with van der Waals surface area (Å²) in [6.07, 6.45) is 3.01. The maximum Gasteiger partial charge on any atom is 0.124 e. The predicted octanol–water partition coefficient (Wildman–Crippen LogP) is 3.89. The van der Waals surface area contributed by atoms with Crippen LogP contribution in [0.5, 0.6) is 0 Å². The van der Waals surface area contributed by atoms with Gasteiger partial charge in [0.25, 0.3) is 0 Å². The topological polar surface area (TPSA) is 26.0 Å². The molecule has 0 aliphatic rings. The molecule has 0 aliphatic carbocycles. The standard InChI is InChI=1S/C13H19BrFN/c1-9(2)13(16)5-3-4-10-6-7-11(15)8-12(10)14/h6-9,13H,3-5,16H2,1-2H3. The van der Waals surface area contributed by atoms with Gasteiger partial charge in [-0.1, -0.05) is 35.8 Å². The molecular weight excluding hydrogens is 269 g/mol. The molecule has 0 spiro atoms. The Balaban J connectivity index is 2.43. The molecule has 0 saturated carbocycles. The highest BCUT2D eigenvalue weighted by atomic mass is 79.9. The van der Waals surface area contributed by atoms with E-state index in [1.165, 1.54) is 12.1 Å². The smallest absolute Gasteiger partial charge is 0.124 e. The first-order chi connectivity index (χ1) is 7.50. The fraction of sp³-hybridized carbons (Fsp3) is 0.538. The van der Waals surface area contributed by atoms with Crippen LogP contribution in [0.1, 0.15) is 32.3 Å². The van der Waals surface area contributed by atoms with Gasteiger partial charge < -0.3 is 5.73 Å². The molecule has 1 unspecified atom stereocenters. The molecule has 1 aromatic carbocycles. The van der Waals surface area contributed by atoms with Gasteiger partial charge in [-0.15, -0.1) is 0 Å². The van der Waals surface area contributed by atoms with E-state index in [2.05, 4.69) is 29.8 Å². The van der Waals surface area contributed by atoms with Gasteiger partial charge in [-0.2, -0.15) is 0 Å². The molecule has 2 N–H and O–H groups in total. The lowest BCUT2D eigenvalue weighted by Crippen LogP contribution is -2.26. The van der Waals surface area contributed by atoms with E-state index in [1.807, 2.05) is 6.07 Å². The fourth-order valence-corrected chi connectivity index (χ4v) is 2.14. The van der Waals surface area contributed by atoms with Gasteiger partial charge in [0.2, 0.25) is 0 Å². The zero-order chi connectivity index (χ0) is 12.1. The minimum absolute atomic E-state index is 0.200. The van der Waals surface area contributed by atoms with E-state index >= 15 is 0 Å². The van der Waals surface area contributed by atoms with Crippen molar-refractivity contribution in [2.75, 3.05) is 0 Å². The molecule has 0 radical (unpaired) electrons. The minimum atomic E-state index is -0.200. The minimum Gasteiger partial charge on any atom is -0.327 e. The number of hydrogen-bond donors (Lipinski definition) is 1. The summed E-state index contributed by atoms with van der Waals surface area (Å²) in [4.78, 5) is 0. The molecule has 1 rings (SSSR count). The van der Waals surface area contributed by atoms with Crippen LogP contribution in [-0.2, 0) is 6.42 Å². The van der Waals surface area contributed by atoms with Gasteiger partial charge in [-0.05, 0) is 42.9 Å². The summed E-state index contributed by atoms with van der Waals surface area (Å²) in [7, 11) is 0. The molecule has 3 heteroatoms. The van der Waals surface area contributed by atoms with Crippen molar-refractivity contribution < 1.29 is 4.39 Å². The van der Waals surface area contributed by atoms with E-state index < -0.39 is 0 Å². The molecular formula is C13H19BrFN. The van der Waals surface area contributed by atoms with Gasteiger partial charge in [0.1, 0.15) is 5.82 Å². The Bertz CT molecular complexity index is 339. The molecule has 1 nitrogen and oxygen atoms in total. The summed E-state index contributed by atoms with van der Waals surface area (Å²) in [5.41, 5.74) is 7.12. The molecule has 0 fully saturated rings.